The van der Waals surface area contributed by atoms with Crippen LogP contribution in [0.15, 0.2) is 28.7 Å². The zero-order valence-electron chi connectivity index (χ0n) is 13.4. The lowest BCUT2D eigenvalue weighted by atomic mass is 9.98. The highest BCUT2D eigenvalue weighted by atomic mass is 79.9. The van der Waals surface area contributed by atoms with Gasteiger partial charge in [0.15, 0.2) is 0 Å². The summed E-state index contributed by atoms with van der Waals surface area (Å²) in [6, 6.07) is 9.01. The summed E-state index contributed by atoms with van der Waals surface area (Å²) in [4.78, 5) is 5.11. The Balaban J connectivity index is 2.04. The number of nitrogens with zero attached hydrogens (tertiary/aromatic N) is 2. The Morgan fingerprint density at radius 3 is 2.33 bits per heavy atom. The Morgan fingerprint density at radius 2 is 1.81 bits per heavy atom. The first kappa shape index (κ1) is 16.9. The smallest absolute Gasteiger partial charge is 0.0497 e. The van der Waals surface area contributed by atoms with Crippen molar-refractivity contribution in [2.75, 3.05) is 32.7 Å². The highest BCUT2D eigenvalue weighted by Gasteiger charge is 2.27. The fourth-order valence-corrected chi connectivity index (χ4v) is 3.69. The quantitative estimate of drug-likeness (QED) is 0.882. The molecular formula is C17H28BrN3. The van der Waals surface area contributed by atoms with E-state index in [4.69, 9.17) is 5.73 Å². The van der Waals surface area contributed by atoms with E-state index < -0.39 is 0 Å². The molecule has 1 fully saturated rings. The molecule has 0 saturated carbocycles. The molecule has 0 spiro atoms. The lowest BCUT2D eigenvalue weighted by Gasteiger charge is -2.41. The zero-order chi connectivity index (χ0) is 15.4. The Kier molecular flexibility index (Phi) is 6.23. The summed E-state index contributed by atoms with van der Waals surface area (Å²) >= 11 is 3.57. The Hall–Kier alpha value is -0.420. The second-order valence-corrected chi connectivity index (χ2v) is 7.51. The van der Waals surface area contributed by atoms with Crippen molar-refractivity contribution in [1.82, 2.24) is 9.80 Å². The first-order valence-electron chi connectivity index (χ1n) is 7.95. The molecule has 0 bridgehead atoms. The molecule has 1 aromatic rings. The van der Waals surface area contributed by atoms with Crippen molar-refractivity contribution in [3.8, 4) is 0 Å². The van der Waals surface area contributed by atoms with Crippen LogP contribution in [0.4, 0.5) is 0 Å². The first-order valence-corrected chi connectivity index (χ1v) is 8.74. The van der Waals surface area contributed by atoms with Gasteiger partial charge in [0.2, 0.25) is 0 Å². The molecule has 0 amide bonds. The molecule has 2 atom stereocenters. The van der Waals surface area contributed by atoms with Gasteiger partial charge in [0.25, 0.3) is 0 Å². The summed E-state index contributed by atoms with van der Waals surface area (Å²) in [5.74, 6) is 0.742. The van der Waals surface area contributed by atoms with Crippen LogP contribution in [0.5, 0.6) is 0 Å². The molecule has 2 unspecified atom stereocenters. The van der Waals surface area contributed by atoms with Gasteiger partial charge in [-0.1, -0.05) is 41.9 Å². The second kappa shape index (κ2) is 7.73. The van der Waals surface area contributed by atoms with Crippen molar-refractivity contribution < 1.29 is 0 Å². The van der Waals surface area contributed by atoms with E-state index in [0.29, 0.717) is 6.04 Å². The van der Waals surface area contributed by atoms with E-state index in [2.05, 4.69) is 70.8 Å². The summed E-state index contributed by atoms with van der Waals surface area (Å²) in [6.07, 6.45) is 0. The number of piperazine rings is 1. The normalized spacial score (nSPS) is 20.7. The first-order chi connectivity index (χ1) is 9.97. The van der Waals surface area contributed by atoms with Gasteiger partial charge < -0.3 is 10.6 Å². The highest BCUT2D eigenvalue weighted by molar-refractivity contribution is 9.10. The van der Waals surface area contributed by atoms with Crippen LogP contribution in [-0.4, -0.2) is 48.6 Å². The maximum absolute atomic E-state index is 6.29. The molecule has 1 aromatic carbocycles. The predicted octanol–water partition coefficient (Wildman–Crippen LogP) is 3.11. The largest absolute Gasteiger partial charge is 0.326 e. The number of hydrogen-bond donors (Lipinski definition) is 1. The minimum absolute atomic E-state index is 0.135. The van der Waals surface area contributed by atoms with Crippen LogP contribution < -0.4 is 5.73 Å². The fraction of sp³-hybridized carbons (Fsp3) is 0.647. The van der Waals surface area contributed by atoms with Gasteiger partial charge in [-0.25, -0.2) is 0 Å². The Morgan fingerprint density at radius 1 is 1.14 bits per heavy atom. The summed E-state index contributed by atoms with van der Waals surface area (Å²) in [6.45, 7) is 12.4. The number of benzene rings is 1. The van der Waals surface area contributed by atoms with Crippen LogP contribution in [0.25, 0.3) is 0 Å². The fourth-order valence-electron chi connectivity index (χ4n) is 3.28. The topological polar surface area (TPSA) is 32.5 Å². The van der Waals surface area contributed by atoms with Crippen molar-refractivity contribution in [3.63, 3.8) is 0 Å². The molecule has 2 rings (SSSR count). The van der Waals surface area contributed by atoms with Crippen molar-refractivity contribution >= 4 is 15.9 Å². The van der Waals surface area contributed by atoms with Crippen LogP contribution in [0.3, 0.4) is 0 Å². The van der Waals surface area contributed by atoms with Crippen molar-refractivity contribution in [3.05, 3.63) is 34.3 Å². The lowest BCUT2D eigenvalue weighted by molar-refractivity contribution is 0.0804. The molecule has 4 heteroatoms. The SMILES string of the molecule is CC(C)CN1CCN(C(c2cccc(Br)c2)C(C)N)CC1. The number of halogens is 1. The van der Waals surface area contributed by atoms with Crippen molar-refractivity contribution in [2.45, 2.75) is 32.9 Å². The van der Waals surface area contributed by atoms with Gasteiger partial charge in [-0.2, -0.15) is 0 Å². The van der Waals surface area contributed by atoms with Crippen molar-refractivity contribution in [2.24, 2.45) is 11.7 Å². The summed E-state index contributed by atoms with van der Waals surface area (Å²) in [7, 11) is 0. The summed E-state index contributed by atoms with van der Waals surface area (Å²) < 4.78 is 1.13. The third-order valence-corrected chi connectivity index (χ3v) is 4.61. The summed E-state index contributed by atoms with van der Waals surface area (Å²) in [5, 5.41) is 0. The molecule has 0 radical (unpaired) electrons. The predicted molar refractivity (Wildman–Crippen MR) is 93.4 cm³/mol. The third-order valence-electron chi connectivity index (χ3n) is 4.11. The molecule has 118 valence electrons. The maximum atomic E-state index is 6.29. The van der Waals surface area contributed by atoms with Crippen LogP contribution in [0, 0.1) is 5.92 Å². The lowest BCUT2D eigenvalue weighted by Crippen LogP contribution is -2.51. The summed E-state index contributed by atoms with van der Waals surface area (Å²) in [5.41, 5.74) is 7.61. The minimum Gasteiger partial charge on any atom is -0.326 e. The molecule has 1 saturated heterocycles. The van der Waals surface area contributed by atoms with E-state index in [1.807, 2.05) is 0 Å². The van der Waals surface area contributed by atoms with Gasteiger partial charge >= 0.3 is 0 Å². The molecule has 1 aliphatic rings. The molecule has 21 heavy (non-hydrogen) atoms. The van der Waals surface area contributed by atoms with Crippen molar-refractivity contribution in [1.29, 1.82) is 0 Å². The van der Waals surface area contributed by atoms with Crippen LogP contribution in [-0.2, 0) is 0 Å². The number of nitrogens with two attached hydrogens (primary N) is 1. The average Bonchev–Trinajstić information content (AvgIpc) is 2.40. The molecule has 0 aliphatic carbocycles. The van der Waals surface area contributed by atoms with E-state index in [1.54, 1.807) is 0 Å². The van der Waals surface area contributed by atoms with E-state index in [9.17, 15) is 0 Å². The minimum atomic E-state index is 0.135. The standard InChI is InChI=1S/C17H28BrN3/c1-13(2)12-20-7-9-21(10-8-20)17(14(3)19)15-5-4-6-16(18)11-15/h4-6,11,13-14,17H,7-10,12,19H2,1-3H3. The van der Waals surface area contributed by atoms with Gasteiger partial charge in [-0.3, -0.25) is 4.90 Å². The van der Waals surface area contributed by atoms with Gasteiger partial charge in [-0.15, -0.1) is 0 Å². The maximum Gasteiger partial charge on any atom is 0.0497 e. The Labute approximate surface area is 137 Å². The molecule has 1 heterocycles. The van der Waals surface area contributed by atoms with E-state index >= 15 is 0 Å². The van der Waals surface area contributed by atoms with Gasteiger partial charge in [-0.05, 0) is 30.5 Å². The zero-order valence-corrected chi connectivity index (χ0v) is 15.0. The van der Waals surface area contributed by atoms with Gasteiger partial charge in [0.05, 0.1) is 0 Å². The molecule has 2 N–H and O–H groups in total. The van der Waals surface area contributed by atoms with Gasteiger partial charge in [0, 0.05) is 49.3 Å². The van der Waals surface area contributed by atoms with E-state index in [1.165, 1.54) is 12.1 Å². The van der Waals surface area contributed by atoms with E-state index in [-0.39, 0.29) is 6.04 Å². The third kappa shape index (κ3) is 4.78. The van der Waals surface area contributed by atoms with E-state index in [0.717, 1.165) is 36.6 Å². The Bertz CT molecular complexity index is 439. The number of rotatable bonds is 5. The van der Waals surface area contributed by atoms with Crippen LogP contribution in [0.2, 0.25) is 0 Å². The second-order valence-electron chi connectivity index (χ2n) is 6.59. The van der Waals surface area contributed by atoms with Crippen LogP contribution >= 0.6 is 15.9 Å². The van der Waals surface area contributed by atoms with Gasteiger partial charge in [0.1, 0.15) is 0 Å². The highest BCUT2D eigenvalue weighted by Crippen LogP contribution is 2.27. The number of hydrogen-bond acceptors (Lipinski definition) is 3. The average molecular weight is 354 g/mol. The molecular weight excluding hydrogens is 326 g/mol. The molecule has 1 aliphatic heterocycles. The molecule has 0 aromatic heterocycles. The van der Waals surface area contributed by atoms with Crippen LogP contribution in [0.1, 0.15) is 32.4 Å². The molecule has 3 nitrogen and oxygen atoms in total. The monoisotopic (exact) mass is 353 g/mol.